The van der Waals surface area contributed by atoms with Crippen LogP contribution in [0.2, 0.25) is 0 Å². The summed E-state index contributed by atoms with van der Waals surface area (Å²) in [6, 6.07) is 14.5. The summed E-state index contributed by atoms with van der Waals surface area (Å²) in [6.07, 6.45) is 3.26. The Morgan fingerprint density at radius 1 is 1.03 bits per heavy atom. The van der Waals surface area contributed by atoms with Crippen molar-refractivity contribution in [3.63, 3.8) is 0 Å². The molecule has 0 atom stereocenters. The van der Waals surface area contributed by atoms with Crippen LogP contribution >= 0.6 is 0 Å². The number of methoxy groups -OCH3 is 1. The molecule has 29 heavy (non-hydrogen) atoms. The van der Waals surface area contributed by atoms with E-state index in [1.807, 2.05) is 30.3 Å². The number of carbonyl (C=O) groups excluding carboxylic acids is 1. The van der Waals surface area contributed by atoms with Gasteiger partial charge in [0.05, 0.1) is 7.11 Å². The summed E-state index contributed by atoms with van der Waals surface area (Å²) >= 11 is 0. The Morgan fingerprint density at radius 3 is 2.52 bits per heavy atom. The number of amides is 1. The van der Waals surface area contributed by atoms with Gasteiger partial charge in [-0.05, 0) is 25.1 Å². The Kier molecular flexibility index (Phi) is 4.98. The topological polar surface area (TPSA) is 103 Å². The molecule has 0 saturated heterocycles. The third-order valence-corrected chi connectivity index (χ3v) is 4.23. The lowest BCUT2D eigenvalue weighted by atomic mass is 10.1. The zero-order valence-electron chi connectivity index (χ0n) is 15.8. The highest BCUT2D eigenvalue weighted by molar-refractivity contribution is 6.09. The maximum atomic E-state index is 13.0. The lowest BCUT2D eigenvalue weighted by molar-refractivity contribution is 0.102. The van der Waals surface area contributed by atoms with Crippen LogP contribution in [0.15, 0.2) is 65.4 Å². The highest BCUT2D eigenvalue weighted by atomic mass is 16.5. The minimum Gasteiger partial charge on any atom is -0.479 e. The number of pyridine rings is 1. The second kappa shape index (κ2) is 7.89. The summed E-state index contributed by atoms with van der Waals surface area (Å²) < 4.78 is 10.6. The molecule has 0 aliphatic rings. The molecule has 0 saturated carbocycles. The van der Waals surface area contributed by atoms with E-state index in [-0.39, 0.29) is 11.8 Å². The Hall–Kier alpha value is -4.07. The largest absolute Gasteiger partial charge is 0.479 e. The highest BCUT2D eigenvalue weighted by Gasteiger charge is 2.23. The Labute approximate surface area is 166 Å². The van der Waals surface area contributed by atoms with Crippen LogP contribution in [-0.4, -0.2) is 33.1 Å². The van der Waals surface area contributed by atoms with Crippen LogP contribution in [0.4, 0.5) is 5.69 Å². The number of aromatic nitrogens is 4. The normalized spacial score (nSPS) is 10.6. The molecule has 0 unspecified atom stereocenters. The van der Waals surface area contributed by atoms with E-state index in [2.05, 4.69) is 25.4 Å². The maximum Gasteiger partial charge on any atom is 0.261 e. The molecule has 0 bridgehead atoms. The first kappa shape index (κ1) is 18.3. The molecule has 0 aliphatic carbocycles. The van der Waals surface area contributed by atoms with Crippen molar-refractivity contribution in [2.45, 2.75) is 6.92 Å². The van der Waals surface area contributed by atoms with Gasteiger partial charge in [-0.2, -0.15) is 0 Å². The monoisotopic (exact) mass is 387 g/mol. The molecule has 4 rings (SSSR count). The second-order valence-corrected chi connectivity index (χ2v) is 6.11. The molecule has 3 aromatic heterocycles. The second-order valence-electron chi connectivity index (χ2n) is 6.11. The van der Waals surface area contributed by atoms with E-state index in [1.54, 1.807) is 37.5 Å². The van der Waals surface area contributed by atoms with Crippen molar-refractivity contribution in [1.82, 2.24) is 20.1 Å². The number of nitrogens with one attached hydrogen (secondary N) is 1. The van der Waals surface area contributed by atoms with Crippen LogP contribution < -0.4 is 10.1 Å². The molecular formula is C21H17N5O3. The van der Waals surface area contributed by atoms with E-state index in [9.17, 15) is 4.79 Å². The molecular weight excluding hydrogens is 370 g/mol. The molecule has 144 valence electrons. The molecule has 0 radical (unpaired) electrons. The first-order chi connectivity index (χ1) is 14.2. The van der Waals surface area contributed by atoms with Gasteiger partial charge in [0.25, 0.3) is 5.91 Å². The van der Waals surface area contributed by atoms with Crippen LogP contribution in [0.1, 0.15) is 16.1 Å². The number of anilines is 1. The third kappa shape index (κ3) is 3.68. The minimum atomic E-state index is -0.369. The van der Waals surface area contributed by atoms with Crippen molar-refractivity contribution in [3.8, 4) is 28.7 Å². The van der Waals surface area contributed by atoms with Crippen molar-refractivity contribution in [2.75, 3.05) is 12.4 Å². The van der Waals surface area contributed by atoms with E-state index < -0.39 is 0 Å². The smallest absolute Gasteiger partial charge is 0.261 e. The SMILES string of the molecule is COc1nc(-c2ncccn2)ccc1NC(=O)c1c(-c2ccccc2)noc1C. The quantitative estimate of drug-likeness (QED) is 0.556. The fourth-order valence-corrected chi connectivity index (χ4v) is 2.86. The number of aryl methyl sites for hydroxylation is 1. The standard InChI is InChI=1S/C21H17N5O3/c1-13-17(18(26-29-13)14-7-4-3-5-8-14)20(27)24-16-10-9-15(25-21(16)28-2)19-22-11-6-12-23-19/h3-12H,1-2H3,(H,24,27). The Morgan fingerprint density at radius 2 is 1.79 bits per heavy atom. The van der Waals surface area contributed by atoms with E-state index >= 15 is 0 Å². The highest BCUT2D eigenvalue weighted by Crippen LogP contribution is 2.29. The van der Waals surface area contributed by atoms with Gasteiger partial charge in [0.15, 0.2) is 5.82 Å². The van der Waals surface area contributed by atoms with Gasteiger partial charge < -0.3 is 14.6 Å². The van der Waals surface area contributed by atoms with Crippen molar-refractivity contribution in [3.05, 3.63) is 72.2 Å². The number of hydrogen-bond acceptors (Lipinski definition) is 7. The first-order valence-corrected chi connectivity index (χ1v) is 8.83. The lowest BCUT2D eigenvalue weighted by Gasteiger charge is -2.11. The van der Waals surface area contributed by atoms with Crippen LogP contribution in [0.25, 0.3) is 22.8 Å². The number of nitrogens with zero attached hydrogens (tertiary/aromatic N) is 4. The van der Waals surface area contributed by atoms with Gasteiger partial charge in [-0.15, -0.1) is 0 Å². The average molecular weight is 387 g/mol. The summed E-state index contributed by atoms with van der Waals surface area (Å²) in [5.41, 5.74) is 2.56. The number of ether oxygens (including phenoxy) is 1. The summed E-state index contributed by atoms with van der Waals surface area (Å²) in [5, 5.41) is 6.87. The molecule has 0 aliphatic heterocycles. The van der Waals surface area contributed by atoms with E-state index in [0.717, 1.165) is 5.56 Å². The summed E-state index contributed by atoms with van der Waals surface area (Å²) in [7, 11) is 1.48. The zero-order valence-corrected chi connectivity index (χ0v) is 15.8. The van der Waals surface area contributed by atoms with Crippen LogP contribution in [-0.2, 0) is 0 Å². The molecule has 0 fully saturated rings. The predicted molar refractivity (Wildman–Crippen MR) is 106 cm³/mol. The number of benzene rings is 1. The maximum absolute atomic E-state index is 13.0. The lowest BCUT2D eigenvalue weighted by Crippen LogP contribution is -2.14. The van der Waals surface area contributed by atoms with E-state index in [1.165, 1.54) is 7.11 Å². The van der Waals surface area contributed by atoms with Gasteiger partial charge in [0, 0.05) is 18.0 Å². The van der Waals surface area contributed by atoms with Gasteiger partial charge in [0.2, 0.25) is 5.88 Å². The van der Waals surface area contributed by atoms with Gasteiger partial charge in [-0.3, -0.25) is 4.79 Å². The van der Waals surface area contributed by atoms with Crippen molar-refractivity contribution in [2.24, 2.45) is 0 Å². The van der Waals surface area contributed by atoms with Gasteiger partial charge in [-0.25, -0.2) is 15.0 Å². The van der Waals surface area contributed by atoms with Crippen molar-refractivity contribution in [1.29, 1.82) is 0 Å². The fraction of sp³-hybridized carbons (Fsp3) is 0.0952. The molecule has 8 nitrogen and oxygen atoms in total. The van der Waals surface area contributed by atoms with Crippen molar-refractivity contribution >= 4 is 11.6 Å². The van der Waals surface area contributed by atoms with Crippen LogP contribution in [0, 0.1) is 6.92 Å². The number of carbonyl (C=O) groups is 1. The summed E-state index contributed by atoms with van der Waals surface area (Å²) in [5.74, 6) is 0.762. The number of hydrogen-bond donors (Lipinski definition) is 1. The molecule has 8 heteroatoms. The molecule has 0 spiro atoms. The molecule has 3 heterocycles. The summed E-state index contributed by atoms with van der Waals surface area (Å²) in [4.78, 5) is 25.7. The third-order valence-electron chi connectivity index (χ3n) is 4.23. The Bertz CT molecular complexity index is 1140. The van der Waals surface area contributed by atoms with E-state index in [0.29, 0.717) is 34.2 Å². The molecule has 1 N–H and O–H groups in total. The van der Waals surface area contributed by atoms with Gasteiger partial charge >= 0.3 is 0 Å². The average Bonchev–Trinajstić information content (AvgIpc) is 3.16. The molecule has 4 aromatic rings. The van der Waals surface area contributed by atoms with E-state index in [4.69, 9.17) is 9.26 Å². The number of rotatable bonds is 5. The molecule has 1 amide bonds. The van der Waals surface area contributed by atoms with Crippen LogP contribution in [0.5, 0.6) is 5.88 Å². The summed E-state index contributed by atoms with van der Waals surface area (Å²) in [6.45, 7) is 1.69. The minimum absolute atomic E-state index is 0.249. The first-order valence-electron chi connectivity index (χ1n) is 8.83. The zero-order chi connectivity index (χ0) is 20.2. The van der Waals surface area contributed by atoms with Gasteiger partial charge in [0.1, 0.15) is 28.4 Å². The fourth-order valence-electron chi connectivity index (χ4n) is 2.86. The Balaban J connectivity index is 1.65. The molecule has 1 aromatic carbocycles. The van der Waals surface area contributed by atoms with Crippen LogP contribution in [0.3, 0.4) is 0 Å². The predicted octanol–water partition coefficient (Wildman–Crippen LogP) is 3.76. The van der Waals surface area contributed by atoms with Crippen molar-refractivity contribution < 1.29 is 14.1 Å². The van der Waals surface area contributed by atoms with Gasteiger partial charge in [-0.1, -0.05) is 35.5 Å².